The Balaban J connectivity index is 1.44. The second-order valence-corrected chi connectivity index (χ2v) is 7.98. The molecule has 4 heteroatoms. The fraction of sp³-hybridized carbons (Fsp3) is 0.571. The van der Waals surface area contributed by atoms with E-state index in [0.29, 0.717) is 11.8 Å². The second kappa shape index (κ2) is 6.93. The molecule has 5 atom stereocenters. The van der Waals surface area contributed by atoms with Crippen LogP contribution in [0.2, 0.25) is 0 Å². The fourth-order valence-corrected chi connectivity index (χ4v) is 4.74. The van der Waals surface area contributed by atoms with E-state index in [1.54, 1.807) is 0 Å². The van der Waals surface area contributed by atoms with Crippen molar-refractivity contribution in [3.63, 3.8) is 0 Å². The molecule has 1 aromatic rings. The number of carbonyl (C=O) groups is 1. The Morgan fingerprint density at radius 3 is 2.60 bits per heavy atom. The molecule has 2 fully saturated rings. The average molecular weight is 340 g/mol. The summed E-state index contributed by atoms with van der Waals surface area (Å²) in [6.45, 7) is 6.97. The van der Waals surface area contributed by atoms with E-state index in [1.165, 1.54) is 5.56 Å². The largest absolute Gasteiger partial charge is 0.373 e. The van der Waals surface area contributed by atoms with Gasteiger partial charge in [0, 0.05) is 31.2 Å². The summed E-state index contributed by atoms with van der Waals surface area (Å²) >= 11 is 0. The highest BCUT2D eigenvalue weighted by atomic mass is 16.5. The lowest BCUT2D eigenvalue weighted by Gasteiger charge is -2.35. The van der Waals surface area contributed by atoms with Gasteiger partial charge in [-0.05, 0) is 50.2 Å². The van der Waals surface area contributed by atoms with E-state index in [4.69, 9.17) is 4.74 Å². The molecule has 1 heterocycles. The summed E-state index contributed by atoms with van der Waals surface area (Å²) in [5.74, 6) is 1.39. The maximum absolute atomic E-state index is 12.8. The molecule has 1 N–H and O–H groups in total. The number of ether oxygens (including phenoxy) is 1. The Bertz CT molecular complexity index is 662. The first kappa shape index (κ1) is 16.8. The maximum Gasteiger partial charge on any atom is 0.228 e. The molecule has 0 radical (unpaired) electrons. The molecule has 25 heavy (non-hydrogen) atoms. The van der Waals surface area contributed by atoms with Crippen molar-refractivity contribution in [2.75, 3.05) is 18.4 Å². The van der Waals surface area contributed by atoms with E-state index in [9.17, 15) is 4.79 Å². The van der Waals surface area contributed by atoms with E-state index in [2.05, 4.69) is 48.3 Å². The highest BCUT2D eigenvalue weighted by molar-refractivity contribution is 5.94. The number of rotatable bonds is 4. The summed E-state index contributed by atoms with van der Waals surface area (Å²) < 4.78 is 5.83. The number of hydrogen-bond donors (Lipinski definition) is 1. The molecule has 0 spiro atoms. The fourth-order valence-electron chi connectivity index (χ4n) is 4.74. The van der Waals surface area contributed by atoms with Gasteiger partial charge < -0.3 is 10.1 Å². The SMILES string of the molecule is C[C@@H]1CN(Cc2ccccc2NC(=O)[C@H]2C[C@H]3C=C[C@H]2C3)C[C@@H](C)O1. The smallest absolute Gasteiger partial charge is 0.228 e. The molecular weight excluding hydrogens is 312 g/mol. The van der Waals surface area contributed by atoms with Gasteiger partial charge in [-0.2, -0.15) is 0 Å². The molecule has 2 aliphatic carbocycles. The Morgan fingerprint density at radius 2 is 1.92 bits per heavy atom. The van der Waals surface area contributed by atoms with Gasteiger partial charge in [-0.25, -0.2) is 0 Å². The number of amides is 1. The predicted octanol–water partition coefficient (Wildman–Crippen LogP) is 3.45. The van der Waals surface area contributed by atoms with E-state index < -0.39 is 0 Å². The van der Waals surface area contributed by atoms with Crippen molar-refractivity contribution in [2.45, 2.75) is 45.4 Å². The number of carbonyl (C=O) groups excluding carboxylic acids is 1. The van der Waals surface area contributed by atoms with Crippen molar-refractivity contribution in [3.8, 4) is 0 Å². The van der Waals surface area contributed by atoms with E-state index in [0.717, 1.165) is 38.2 Å². The number of benzene rings is 1. The summed E-state index contributed by atoms with van der Waals surface area (Å²) in [7, 11) is 0. The zero-order valence-corrected chi connectivity index (χ0v) is 15.2. The molecule has 134 valence electrons. The van der Waals surface area contributed by atoms with Crippen LogP contribution in [0.15, 0.2) is 36.4 Å². The second-order valence-electron chi connectivity index (χ2n) is 7.98. The van der Waals surface area contributed by atoms with E-state index in [1.807, 2.05) is 12.1 Å². The van der Waals surface area contributed by atoms with Gasteiger partial charge in [-0.3, -0.25) is 9.69 Å². The summed E-state index contributed by atoms with van der Waals surface area (Å²) in [6, 6.07) is 8.22. The number of fused-ring (bicyclic) bond motifs is 2. The summed E-state index contributed by atoms with van der Waals surface area (Å²) in [4.78, 5) is 15.2. The number of allylic oxidation sites excluding steroid dienone is 2. The van der Waals surface area contributed by atoms with Crippen molar-refractivity contribution < 1.29 is 9.53 Å². The molecule has 1 aromatic carbocycles. The molecule has 2 bridgehead atoms. The minimum atomic E-state index is 0.145. The Morgan fingerprint density at radius 1 is 1.16 bits per heavy atom. The molecule has 1 saturated heterocycles. The molecule has 1 amide bonds. The third-order valence-corrected chi connectivity index (χ3v) is 5.78. The minimum absolute atomic E-state index is 0.145. The van der Waals surface area contributed by atoms with Crippen LogP contribution in [0.5, 0.6) is 0 Å². The van der Waals surface area contributed by atoms with Gasteiger partial charge in [0.25, 0.3) is 0 Å². The predicted molar refractivity (Wildman–Crippen MR) is 99.2 cm³/mol. The molecule has 1 saturated carbocycles. The molecule has 3 aliphatic rings. The van der Waals surface area contributed by atoms with Crippen LogP contribution in [0.3, 0.4) is 0 Å². The molecule has 0 aromatic heterocycles. The molecule has 1 aliphatic heterocycles. The number of nitrogens with one attached hydrogen (secondary N) is 1. The van der Waals surface area contributed by atoms with Crippen molar-refractivity contribution in [2.24, 2.45) is 17.8 Å². The van der Waals surface area contributed by atoms with Crippen molar-refractivity contribution in [3.05, 3.63) is 42.0 Å². The molecule has 0 unspecified atom stereocenters. The van der Waals surface area contributed by atoms with Crippen LogP contribution in [0.1, 0.15) is 32.3 Å². The van der Waals surface area contributed by atoms with Gasteiger partial charge in [-0.1, -0.05) is 30.4 Å². The highest BCUT2D eigenvalue weighted by Gasteiger charge is 2.39. The topological polar surface area (TPSA) is 41.6 Å². The van der Waals surface area contributed by atoms with Crippen molar-refractivity contribution in [1.82, 2.24) is 4.90 Å². The Hall–Kier alpha value is -1.65. The first-order chi connectivity index (χ1) is 12.1. The molecule has 4 nitrogen and oxygen atoms in total. The number of morpholine rings is 1. The molecule has 4 rings (SSSR count). The van der Waals surface area contributed by atoms with Crippen molar-refractivity contribution >= 4 is 11.6 Å². The summed E-state index contributed by atoms with van der Waals surface area (Å²) in [5.41, 5.74) is 2.15. The third-order valence-electron chi connectivity index (χ3n) is 5.78. The standard InChI is InChI=1S/C21H28N2O2/c1-14-11-23(12-15(2)25-14)13-18-5-3-4-6-20(18)22-21(24)19-10-16-7-8-17(19)9-16/h3-8,14-17,19H,9-13H2,1-2H3,(H,22,24)/t14-,15-,16+,17+,19+/m1/s1. The van der Waals surface area contributed by atoms with E-state index in [-0.39, 0.29) is 24.0 Å². The van der Waals surface area contributed by atoms with Crippen molar-refractivity contribution in [1.29, 1.82) is 0 Å². The molecular formula is C21H28N2O2. The van der Waals surface area contributed by atoms with Gasteiger partial charge in [0.15, 0.2) is 0 Å². The normalized spacial score (nSPS) is 34.4. The van der Waals surface area contributed by atoms with Crippen LogP contribution in [-0.4, -0.2) is 36.1 Å². The van der Waals surface area contributed by atoms with Crippen LogP contribution in [0.4, 0.5) is 5.69 Å². The lowest BCUT2D eigenvalue weighted by Crippen LogP contribution is -2.44. The van der Waals surface area contributed by atoms with Crippen LogP contribution in [0, 0.1) is 17.8 Å². The van der Waals surface area contributed by atoms with Gasteiger partial charge in [0.05, 0.1) is 12.2 Å². The van der Waals surface area contributed by atoms with Crippen LogP contribution >= 0.6 is 0 Å². The van der Waals surface area contributed by atoms with Crippen LogP contribution < -0.4 is 5.32 Å². The zero-order chi connectivity index (χ0) is 17.4. The summed E-state index contributed by atoms with van der Waals surface area (Å²) in [5, 5.41) is 3.22. The average Bonchev–Trinajstić information content (AvgIpc) is 3.19. The van der Waals surface area contributed by atoms with Gasteiger partial charge >= 0.3 is 0 Å². The number of hydrogen-bond acceptors (Lipinski definition) is 3. The highest BCUT2D eigenvalue weighted by Crippen LogP contribution is 2.43. The summed E-state index contributed by atoms with van der Waals surface area (Å²) in [6.07, 6.45) is 7.19. The maximum atomic E-state index is 12.8. The monoisotopic (exact) mass is 340 g/mol. The minimum Gasteiger partial charge on any atom is -0.373 e. The van der Waals surface area contributed by atoms with E-state index >= 15 is 0 Å². The van der Waals surface area contributed by atoms with Gasteiger partial charge in [0.1, 0.15) is 0 Å². The Kier molecular flexibility index (Phi) is 4.65. The quantitative estimate of drug-likeness (QED) is 0.854. The number of nitrogens with zero attached hydrogens (tertiary/aromatic N) is 1. The lowest BCUT2D eigenvalue weighted by molar-refractivity contribution is -0.120. The Labute approximate surface area is 150 Å². The number of para-hydroxylation sites is 1. The van der Waals surface area contributed by atoms with Gasteiger partial charge in [-0.15, -0.1) is 0 Å². The first-order valence-corrected chi connectivity index (χ1v) is 9.53. The number of anilines is 1. The third kappa shape index (κ3) is 3.65. The lowest BCUT2D eigenvalue weighted by atomic mass is 9.92. The van der Waals surface area contributed by atoms with Gasteiger partial charge in [0.2, 0.25) is 5.91 Å². The van der Waals surface area contributed by atoms with Crippen LogP contribution in [0.25, 0.3) is 0 Å². The first-order valence-electron chi connectivity index (χ1n) is 9.53. The zero-order valence-electron chi connectivity index (χ0n) is 15.2. The van der Waals surface area contributed by atoms with Crippen LogP contribution in [-0.2, 0) is 16.1 Å².